The molecule has 0 aliphatic carbocycles. The molecule has 1 aliphatic rings. The SMILES string of the molecule is CNC(C)c1cccc(F)c1N1CCOCC1. The molecule has 1 N–H and O–H groups in total. The summed E-state index contributed by atoms with van der Waals surface area (Å²) in [5.41, 5.74) is 1.73. The molecular formula is C13H19FN2O. The largest absolute Gasteiger partial charge is 0.378 e. The van der Waals surface area contributed by atoms with E-state index in [4.69, 9.17) is 4.74 Å². The van der Waals surface area contributed by atoms with Crippen molar-refractivity contribution in [2.45, 2.75) is 13.0 Å². The summed E-state index contributed by atoms with van der Waals surface area (Å²) in [5, 5.41) is 3.16. The number of rotatable bonds is 3. The molecule has 0 aromatic heterocycles. The second kappa shape index (κ2) is 5.47. The molecule has 94 valence electrons. The first-order chi connectivity index (χ1) is 8.24. The number of nitrogens with zero attached hydrogens (tertiary/aromatic N) is 1. The van der Waals surface area contributed by atoms with Gasteiger partial charge in [0.25, 0.3) is 0 Å². The van der Waals surface area contributed by atoms with Crippen molar-refractivity contribution in [3.05, 3.63) is 29.6 Å². The Balaban J connectivity index is 2.35. The molecule has 1 atom stereocenters. The number of halogens is 1. The van der Waals surface area contributed by atoms with Gasteiger partial charge in [-0.2, -0.15) is 0 Å². The van der Waals surface area contributed by atoms with Crippen LogP contribution in [0.2, 0.25) is 0 Å². The molecule has 1 saturated heterocycles. The highest BCUT2D eigenvalue weighted by molar-refractivity contribution is 5.56. The number of para-hydroxylation sites is 1. The van der Waals surface area contributed by atoms with Gasteiger partial charge in [0.1, 0.15) is 5.82 Å². The van der Waals surface area contributed by atoms with Gasteiger partial charge in [0.15, 0.2) is 0 Å². The molecule has 0 spiro atoms. The van der Waals surface area contributed by atoms with E-state index in [0.717, 1.165) is 24.3 Å². The lowest BCUT2D eigenvalue weighted by molar-refractivity contribution is 0.122. The van der Waals surface area contributed by atoms with Crippen molar-refractivity contribution in [1.29, 1.82) is 0 Å². The third-order valence-corrected chi connectivity index (χ3v) is 3.24. The number of morpholine rings is 1. The molecule has 0 amide bonds. The van der Waals surface area contributed by atoms with E-state index in [1.807, 2.05) is 20.0 Å². The van der Waals surface area contributed by atoms with Gasteiger partial charge < -0.3 is 15.0 Å². The van der Waals surface area contributed by atoms with Gasteiger partial charge in [0.2, 0.25) is 0 Å². The second-order valence-electron chi connectivity index (χ2n) is 4.29. The maximum atomic E-state index is 14.0. The van der Waals surface area contributed by atoms with Crippen LogP contribution in [0.25, 0.3) is 0 Å². The zero-order valence-corrected chi connectivity index (χ0v) is 10.4. The van der Waals surface area contributed by atoms with Gasteiger partial charge in [-0.15, -0.1) is 0 Å². The molecule has 1 unspecified atom stereocenters. The molecule has 0 saturated carbocycles. The van der Waals surface area contributed by atoms with Crippen LogP contribution < -0.4 is 10.2 Å². The average Bonchev–Trinajstić information content (AvgIpc) is 2.38. The van der Waals surface area contributed by atoms with Crippen LogP contribution in [0.15, 0.2) is 18.2 Å². The summed E-state index contributed by atoms with van der Waals surface area (Å²) >= 11 is 0. The molecular weight excluding hydrogens is 219 g/mol. The van der Waals surface area contributed by atoms with E-state index in [0.29, 0.717) is 13.2 Å². The number of hydrogen-bond acceptors (Lipinski definition) is 3. The number of anilines is 1. The predicted molar refractivity (Wildman–Crippen MR) is 66.9 cm³/mol. The van der Waals surface area contributed by atoms with E-state index in [-0.39, 0.29) is 11.9 Å². The van der Waals surface area contributed by atoms with Crippen molar-refractivity contribution in [3.63, 3.8) is 0 Å². The van der Waals surface area contributed by atoms with Gasteiger partial charge in [-0.05, 0) is 25.6 Å². The highest BCUT2D eigenvalue weighted by atomic mass is 19.1. The Morgan fingerprint density at radius 2 is 2.06 bits per heavy atom. The minimum Gasteiger partial charge on any atom is -0.378 e. The molecule has 4 heteroatoms. The monoisotopic (exact) mass is 238 g/mol. The van der Waals surface area contributed by atoms with E-state index in [1.165, 1.54) is 6.07 Å². The molecule has 17 heavy (non-hydrogen) atoms. The van der Waals surface area contributed by atoms with Crippen molar-refractivity contribution in [2.24, 2.45) is 0 Å². The third-order valence-electron chi connectivity index (χ3n) is 3.24. The van der Waals surface area contributed by atoms with E-state index in [9.17, 15) is 4.39 Å². The molecule has 3 nitrogen and oxygen atoms in total. The lowest BCUT2D eigenvalue weighted by Crippen LogP contribution is -2.37. The van der Waals surface area contributed by atoms with Crippen LogP contribution in [0.4, 0.5) is 10.1 Å². The molecule has 0 radical (unpaired) electrons. The van der Waals surface area contributed by atoms with Crippen LogP contribution in [-0.4, -0.2) is 33.4 Å². The van der Waals surface area contributed by atoms with Gasteiger partial charge in [-0.3, -0.25) is 0 Å². The fourth-order valence-corrected chi connectivity index (χ4v) is 2.16. The Kier molecular flexibility index (Phi) is 3.97. The summed E-state index contributed by atoms with van der Waals surface area (Å²) in [6, 6.07) is 5.41. The molecule has 0 bridgehead atoms. The summed E-state index contributed by atoms with van der Waals surface area (Å²) in [6.07, 6.45) is 0. The van der Waals surface area contributed by atoms with Crippen LogP contribution in [0.5, 0.6) is 0 Å². The van der Waals surface area contributed by atoms with Gasteiger partial charge in [0.05, 0.1) is 18.9 Å². The maximum Gasteiger partial charge on any atom is 0.146 e. The minimum atomic E-state index is -0.147. The van der Waals surface area contributed by atoms with Crippen LogP contribution in [0.1, 0.15) is 18.5 Å². The van der Waals surface area contributed by atoms with E-state index >= 15 is 0 Å². The average molecular weight is 238 g/mol. The standard InChI is InChI=1S/C13H19FN2O/c1-10(15-2)11-4-3-5-12(14)13(11)16-6-8-17-9-7-16/h3-5,10,15H,6-9H2,1-2H3. The van der Waals surface area contributed by atoms with Crippen LogP contribution >= 0.6 is 0 Å². The third kappa shape index (κ3) is 2.58. The van der Waals surface area contributed by atoms with Crippen molar-refractivity contribution < 1.29 is 9.13 Å². The van der Waals surface area contributed by atoms with Crippen LogP contribution in [-0.2, 0) is 4.74 Å². The van der Waals surface area contributed by atoms with E-state index in [2.05, 4.69) is 10.2 Å². The van der Waals surface area contributed by atoms with Gasteiger partial charge in [-0.1, -0.05) is 12.1 Å². The number of benzene rings is 1. The van der Waals surface area contributed by atoms with Crippen molar-refractivity contribution >= 4 is 5.69 Å². The summed E-state index contributed by atoms with van der Waals surface area (Å²) in [7, 11) is 1.89. The summed E-state index contributed by atoms with van der Waals surface area (Å²) < 4.78 is 19.3. The highest BCUT2D eigenvalue weighted by Crippen LogP contribution is 2.29. The minimum absolute atomic E-state index is 0.142. The Bertz CT molecular complexity index is 378. The van der Waals surface area contributed by atoms with Crippen LogP contribution in [0.3, 0.4) is 0 Å². The summed E-state index contributed by atoms with van der Waals surface area (Å²) in [4.78, 5) is 2.07. The van der Waals surface area contributed by atoms with Crippen LogP contribution in [0, 0.1) is 5.82 Å². The van der Waals surface area contributed by atoms with Gasteiger partial charge in [-0.25, -0.2) is 4.39 Å². The second-order valence-corrected chi connectivity index (χ2v) is 4.29. The zero-order valence-electron chi connectivity index (χ0n) is 10.4. The van der Waals surface area contributed by atoms with Gasteiger partial charge >= 0.3 is 0 Å². The quantitative estimate of drug-likeness (QED) is 0.871. The maximum absolute atomic E-state index is 14.0. The predicted octanol–water partition coefficient (Wildman–Crippen LogP) is 1.94. The fourth-order valence-electron chi connectivity index (χ4n) is 2.16. The molecule has 1 heterocycles. The Hall–Kier alpha value is -1.13. The van der Waals surface area contributed by atoms with E-state index < -0.39 is 0 Å². The topological polar surface area (TPSA) is 24.5 Å². The van der Waals surface area contributed by atoms with Gasteiger partial charge in [0, 0.05) is 19.1 Å². The lowest BCUT2D eigenvalue weighted by atomic mass is 10.0. The zero-order chi connectivity index (χ0) is 12.3. The highest BCUT2D eigenvalue weighted by Gasteiger charge is 2.20. The van der Waals surface area contributed by atoms with E-state index in [1.54, 1.807) is 6.07 Å². The Labute approximate surface area is 102 Å². The lowest BCUT2D eigenvalue weighted by Gasteiger charge is -2.32. The van der Waals surface area contributed by atoms with Crippen molar-refractivity contribution in [2.75, 3.05) is 38.3 Å². The first-order valence-corrected chi connectivity index (χ1v) is 6.02. The molecule has 1 aromatic carbocycles. The molecule has 1 fully saturated rings. The molecule has 1 aliphatic heterocycles. The Morgan fingerprint density at radius 1 is 1.35 bits per heavy atom. The number of nitrogens with one attached hydrogen (secondary N) is 1. The number of ether oxygens (including phenoxy) is 1. The molecule has 1 aromatic rings. The van der Waals surface area contributed by atoms with Crippen molar-refractivity contribution in [3.8, 4) is 0 Å². The first kappa shape index (κ1) is 12.3. The molecule has 2 rings (SSSR count). The number of hydrogen-bond donors (Lipinski definition) is 1. The first-order valence-electron chi connectivity index (χ1n) is 6.02. The summed E-state index contributed by atoms with van der Waals surface area (Å²) in [5.74, 6) is -0.147. The summed E-state index contributed by atoms with van der Waals surface area (Å²) in [6.45, 7) is 4.89. The smallest absolute Gasteiger partial charge is 0.146 e. The normalized spacial score (nSPS) is 18.2. The van der Waals surface area contributed by atoms with Crippen molar-refractivity contribution in [1.82, 2.24) is 5.32 Å². The Morgan fingerprint density at radius 3 is 2.71 bits per heavy atom. The fraction of sp³-hybridized carbons (Fsp3) is 0.538.